The molecule has 0 aliphatic heterocycles. The van der Waals surface area contributed by atoms with Gasteiger partial charge in [-0.2, -0.15) is 0 Å². The van der Waals surface area contributed by atoms with Crippen molar-refractivity contribution < 1.29 is 5.11 Å². The van der Waals surface area contributed by atoms with Crippen LogP contribution in [0.3, 0.4) is 0 Å². The molecule has 0 amide bonds. The molecular weight excluding hydrogens is 376 g/mol. The molecule has 0 spiro atoms. The van der Waals surface area contributed by atoms with Crippen LogP contribution in [-0.2, 0) is 0 Å². The van der Waals surface area contributed by atoms with Crippen molar-refractivity contribution in [3.05, 3.63) is 12.2 Å². The van der Waals surface area contributed by atoms with Crippen molar-refractivity contribution >= 4 is 0 Å². The van der Waals surface area contributed by atoms with Gasteiger partial charge < -0.3 is 5.11 Å². The van der Waals surface area contributed by atoms with Crippen molar-refractivity contribution in [3.63, 3.8) is 0 Å². The molecule has 176 valence electrons. The second-order valence-electron chi connectivity index (χ2n) is 14.7. The van der Waals surface area contributed by atoms with Gasteiger partial charge in [-0.25, -0.2) is 0 Å². The largest absolute Gasteiger partial charge is 0.393 e. The van der Waals surface area contributed by atoms with E-state index >= 15 is 0 Å². The highest BCUT2D eigenvalue weighted by molar-refractivity contribution is 5.21. The van der Waals surface area contributed by atoms with E-state index in [0.717, 1.165) is 30.1 Å². The van der Waals surface area contributed by atoms with Gasteiger partial charge in [0.15, 0.2) is 0 Å². The van der Waals surface area contributed by atoms with Crippen LogP contribution >= 0.6 is 0 Å². The van der Waals surface area contributed by atoms with Gasteiger partial charge in [0.05, 0.1) is 6.10 Å². The van der Waals surface area contributed by atoms with Crippen LogP contribution in [0.25, 0.3) is 0 Å². The first-order valence-corrected chi connectivity index (χ1v) is 13.6. The molecule has 0 radical (unpaired) electrons. The van der Waals surface area contributed by atoms with Gasteiger partial charge in [0, 0.05) is 0 Å². The van der Waals surface area contributed by atoms with E-state index in [1.165, 1.54) is 63.4 Å². The van der Waals surface area contributed by atoms with Gasteiger partial charge in [0.25, 0.3) is 0 Å². The van der Waals surface area contributed by atoms with Crippen LogP contribution in [0.5, 0.6) is 0 Å². The molecule has 1 heteroatoms. The first-order chi connectivity index (χ1) is 14.3. The number of allylic oxidation sites excluding steroid dienone is 1. The van der Waals surface area contributed by atoms with Crippen molar-refractivity contribution in [1.29, 1.82) is 0 Å². The zero-order valence-electron chi connectivity index (χ0n) is 21.7. The lowest BCUT2D eigenvalue weighted by Gasteiger charge is -2.73. The van der Waals surface area contributed by atoms with Gasteiger partial charge in [-0.05, 0) is 128 Å². The first kappa shape index (κ1) is 22.5. The van der Waals surface area contributed by atoms with Gasteiger partial charge in [-0.1, -0.05) is 53.7 Å². The van der Waals surface area contributed by atoms with Crippen LogP contribution in [0.2, 0.25) is 0 Å². The van der Waals surface area contributed by atoms with Crippen LogP contribution in [0.15, 0.2) is 12.2 Å². The summed E-state index contributed by atoms with van der Waals surface area (Å²) in [6.07, 6.45) is 13.4. The van der Waals surface area contributed by atoms with E-state index in [4.69, 9.17) is 0 Å². The van der Waals surface area contributed by atoms with Crippen LogP contribution in [0, 0.1) is 56.7 Å². The highest BCUT2D eigenvalue weighted by atomic mass is 16.3. The van der Waals surface area contributed by atoms with Crippen molar-refractivity contribution in [2.75, 3.05) is 0 Å². The van der Waals surface area contributed by atoms with Crippen molar-refractivity contribution in [3.8, 4) is 0 Å². The molecule has 0 aromatic heterocycles. The molecule has 5 aliphatic rings. The van der Waals surface area contributed by atoms with Crippen molar-refractivity contribution in [1.82, 2.24) is 0 Å². The maximum atomic E-state index is 10.9. The fourth-order valence-electron chi connectivity index (χ4n) is 11.5. The third-order valence-electron chi connectivity index (χ3n) is 13.5. The van der Waals surface area contributed by atoms with Gasteiger partial charge in [-0.3, -0.25) is 0 Å². The molecule has 5 aliphatic carbocycles. The van der Waals surface area contributed by atoms with E-state index in [-0.39, 0.29) is 11.5 Å². The van der Waals surface area contributed by atoms with Crippen LogP contribution < -0.4 is 0 Å². The Morgan fingerprint density at radius 3 is 2.13 bits per heavy atom. The van der Waals surface area contributed by atoms with Crippen LogP contribution in [-0.4, -0.2) is 11.2 Å². The Bertz CT molecular complexity index is 766. The number of fused-ring (bicyclic) bond motifs is 7. The summed E-state index contributed by atoms with van der Waals surface area (Å²) < 4.78 is 0. The Hall–Kier alpha value is -0.300. The molecule has 0 saturated heterocycles. The summed E-state index contributed by atoms with van der Waals surface area (Å²) in [7, 11) is 0. The molecule has 0 aromatic rings. The molecule has 10 atom stereocenters. The molecule has 0 bridgehead atoms. The van der Waals surface area contributed by atoms with Gasteiger partial charge in [0.1, 0.15) is 0 Å². The normalized spacial score (nSPS) is 57.9. The Morgan fingerprint density at radius 1 is 0.742 bits per heavy atom. The Kier molecular flexibility index (Phi) is 4.82. The monoisotopic (exact) mass is 426 g/mol. The van der Waals surface area contributed by atoms with Gasteiger partial charge >= 0.3 is 0 Å². The lowest BCUT2D eigenvalue weighted by molar-refractivity contribution is -0.246. The summed E-state index contributed by atoms with van der Waals surface area (Å²) in [6, 6.07) is 0. The van der Waals surface area contributed by atoms with E-state index in [9.17, 15) is 5.11 Å². The third kappa shape index (κ3) is 2.65. The second-order valence-corrected chi connectivity index (χ2v) is 14.7. The fraction of sp³-hybridized carbons (Fsp3) is 0.933. The highest BCUT2D eigenvalue weighted by Gasteiger charge is 2.70. The first-order valence-electron chi connectivity index (χ1n) is 13.6. The molecule has 31 heavy (non-hydrogen) atoms. The summed E-state index contributed by atoms with van der Waals surface area (Å²) in [5.41, 5.74) is 3.38. The van der Waals surface area contributed by atoms with Crippen LogP contribution in [0.1, 0.15) is 113 Å². The summed E-state index contributed by atoms with van der Waals surface area (Å²) >= 11 is 0. The number of aliphatic hydroxyl groups excluding tert-OH is 1. The standard InChI is InChI=1S/C30H50O/c1-19(2)20-11-14-27(5)17-18-29(7)21(25(20)27)9-10-23-28(6)15-13-24(31)26(3,4)22(28)12-16-30(23,29)8/h20-25,31H,1,9-18H2,2-8H3/t20?,21?,22?,23?,24?,25?,27?,28?,29-,30?/m1/s1. The zero-order valence-corrected chi connectivity index (χ0v) is 21.7. The van der Waals surface area contributed by atoms with E-state index in [1.807, 2.05) is 0 Å². The maximum Gasteiger partial charge on any atom is 0.0594 e. The SMILES string of the molecule is C=C(C)C1CCC2(C)CC[C@]3(C)C(CCC4C5(C)CCC(O)C(C)(C)C5CCC43C)C12. The average molecular weight is 427 g/mol. The summed E-state index contributed by atoms with van der Waals surface area (Å²) in [5, 5.41) is 10.9. The van der Waals surface area contributed by atoms with Gasteiger partial charge in [-0.15, -0.1) is 0 Å². The van der Waals surface area contributed by atoms with Crippen LogP contribution in [0.4, 0.5) is 0 Å². The lowest BCUT2D eigenvalue weighted by Crippen LogP contribution is -2.66. The van der Waals surface area contributed by atoms with Crippen molar-refractivity contribution in [2.45, 2.75) is 119 Å². The molecular formula is C30H50O. The minimum atomic E-state index is -0.118. The number of rotatable bonds is 1. The summed E-state index contributed by atoms with van der Waals surface area (Å²) in [6.45, 7) is 22.3. The molecule has 9 unspecified atom stereocenters. The molecule has 1 N–H and O–H groups in total. The highest BCUT2D eigenvalue weighted by Crippen LogP contribution is 2.77. The lowest BCUT2D eigenvalue weighted by atomic mass is 9.32. The van der Waals surface area contributed by atoms with Crippen molar-refractivity contribution in [2.24, 2.45) is 56.7 Å². The maximum absolute atomic E-state index is 10.9. The number of hydrogen-bond acceptors (Lipinski definition) is 1. The topological polar surface area (TPSA) is 20.2 Å². The van der Waals surface area contributed by atoms with Gasteiger partial charge in [0.2, 0.25) is 0 Å². The minimum absolute atomic E-state index is 0.0632. The van der Waals surface area contributed by atoms with E-state index in [2.05, 4.69) is 55.0 Å². The Morgan fingerprint density at radius 2 is 1.45 bits per heavy atom. The summed E-state index contributed by atoms with van der Waals surface area (Å²) in [4.78, 5) is 0. The number of aliphatic hydroxyl groups is 1. The summed E-state index contributed by atoms with van der Waals surface area (Å²) in [5.74, 6) is 3.98. The number of hydrogen-bond donors (Lipinski definition) is 1. The minimum Gasteiger partial charge on any atom is -0.393 e. The molecule has 1 nitrogen and oxygen atoms in total. The predicted octanol–water partition coefficient (Wildman–Crippen LogP) is 8.02. The zero-order chi connectivity index (χ0) is 22.6. The van der Waals surface area contributed by atoms with E-state index in [0.29, 0.717) is 27.6 Å². The molecule has 0 heterocycles. The quantitative estimate of drug-likeness (QED) is 0.421. The Labute approximate surface area is 192 Å². The smallest absolute Gasteiger partial charge is 0.0594 e. The molecule has 5 fully saturated rings. The average Bonchev–Trinajstić information content (AvgIpc) is 3.04. The predicted molar refractivity (Wildman–Crippen MR) is 131 cm³/mol. The van der Waals surface area contributed by atoms with E-state index in [1.54, 1.807) is 0 Å². The molecule has 5 rings (SSSR count). The third-order valence-corrected chi connectivity index (χ3v) is 13.5. The fourth-order valence-corrected chi connectivity index (χ4v) is 11.5. The Balaban J connectivity index is 1.54. The second kappa shape index (κ2) is 6.64. The van der Waals surface area contributed by atoms with E-state index < -0.39 is 0 Å². The molecule has 0 aromatic carbocycles. The molecule has 5 saturated carbocycles.